The van der Waals surface area contributed by atoms with Gasteiger partial charge in [-0.3, -0.25) is 0 Å². The third-order valence-electron chi connectivity index (χ3n) is 5.87. The number of rotatable bonds is 3. The second-order valence-corrected chi connectivity index (χ2v) is 9.45. The van der Waals surface area contributed by atoms with Crippen molar-refractivity contribution in [2.75, 3.05) is 0 Å². The van der Waals surface area contributed by atoms with E-state index in [1.54, 1.807) is 0 Å². The van der Waals surface area contributed by atoms with Crippen molar-refractivity contribution in [3.63, 3.8) is 0 Å². The first kappa shape index (κ1) is 20.8. The van der Waals surface area contributed by atoms with Crippen LogP contribution in [0.5, 0.6) is 0 Å². The number of benzene rings is 3. The number of carbonyl (C=O) groups excluding carboxylic acids is 1. The lowest BCUT2D eigenvalue weighted by atomic mass is 10.0. The van der Waals surface area contributed by atoms with E-state index in [-0.39, 0.29) is 5.97 Å². The maximum absolute atomic E-state index is 12.6. The number of aryl methyl sites for hydroxylation is 2. The van der Waals surface area contributed by atoms with Crippen molar-refractivity contribution >= 4 is 51.2 Å². The predicted octanol–water partition coefficient (Wildman–Crippen LogP) is 7.14. The van der Waals surface area contributed by atoms with E-state index in [1.165, 1.54) is 14.5 Å². The number of ether oxygens (including phenoxy) is 1. The van der Waals surface area contributed by atoms with Crippen LogP contribution in [0.25, 0.3) is 28.3 Å². The molecule has 4 heteroatoms. The summed E-state index contributed by atoms with van der Waals surface area (Å²) in [5.74, 6) is 0.276. The van der Waals surface area contributed by atoms with Gasteiger partial charge in [-0.25, -0.2) is 4.79 Å². The first-order valence-electron chi connectivity index (χ1n) is 10.5. The Labute approximate surface area is 201 Å². The third-order valence-corrected chi connectivity index (χ3v) is 6.59. The molecule has 32 heavy (non-hydrogen) atoms. The molecule has 1 aromatic heterocycles. The van der Waals surface area contributed by atoms with Crippen molar-refractivity contribution < 1.29 is 9.53 Å². The average molecular weight is 531 g/mol. The molecule has 0 aliphatic carbocycles. The Kier molecular flexibility index (Phi) is 5.25. The second-order valence-electron chi connectivity index (χ2n) is 8.20. The number of halogens is 1. The minimum atomic E-state index is -0.317. The molecule has 0 N–H and O–H groups in total. The number of cyclic esters (lactones) is 1. The molecule has 0 radical (unpaired) electrons. The fourth-order valence-electron chi connectivity index (χ4n) is 4.24. The first-order chi connectivity index (χ1) is 15.4. The van der Waals surface area contributed by atoms with Gasteiger partial charge in [0, 0.05) is 26.2 Å². The first-order valence-corrected chi connectivity index (χ1v) is 11.6. The molecule has 2 heterocycles. The quantitative estimate of drug-likeness (QED) is 0.160. The number of aromatic nitrogens is 1. The lowest BCUT2D eigenvalue weighted by Crippen LogP contribution is -1.99. The smallest absolute Gasteiger partial charge is 0.343 e. The van der Waals surface area contributed by atoms with Gasteiger partial charge in [0.1, 0.15) is 5.76 Å². The highest BCUT2D eigenvalue weighted by Gasteiger charge is 2.23. The van der Waals surface area contributed by atoms with E-state index in [0.717, 1.165) is 33.6 Å². The summed E-state index contributed by atoms with van der Waals surface area (Å²) in [4.78, 5) is 12.6. The summed E-state index contributed by atoms with van der Waals surface area (Å²) in [6.07, 6.45) is 3.76. The van der Waals surface area contributed by atoms with E-state index in [2.05, 4.69) is 109 Å². The van der Waals surface area contributed by atoms with E-state index < -0.39 is 0 Å². The van der Waals surface area contributed by atoms with Crippen molar-refractivity contribution in [2.45, 2.75) is 20.8 Å². The summed E-state index contributed by atoms with van der Waals surface area (Å²) in [7, 11) is 0. The summed E-state index contributed by atoms with van der Waals surface area (Å²) < 4.78 is 9.03. The molecule has 1 aliphatic rings. The van der Waals surface area contributed by atoms with E-state index in [4.69, 9.17) is 4.74 Å². The zero-order valence-corrected chi connectivity index (χ0v) is 20.3. The van der Waals surface area contributed by atoms with Gasteiger partial charge in [0.2, 0.25) is 0 Å². The van der Waals surface area contributed by atoms with Crippen LogP contribution in [0.15, 0.2) is 78.4 Å². The van der Waals surface area contributed by atoms with Crippen LogP contribution < -0.4 is 0 Å². The molecule has 0 spiro atoms. The molecule has 1 aliphatic heterocycles. The van der Waals surface area contributed by atoms with Gasteiger partial charge in [-0.05, 0) is 108 Å². The summed E-state index contributed by atoms with van der Waals surface area (Å²) in [6, 6.07) is 23.0. The SMILES string of the molecule is Cc1ccc2cc(C3=C/C(=C/c4cc(C)n(-c5ccc(I)cc5)c4C)C(=O)O3)ccc2c1. The van der Waals surface area contributed by atoms with Crippen LogP contribution in [0, 0.1) is 24.3 Å². The number of hydrogen-bond acceptors (Lipinski definition) is 2. The summed E-state index contributed by atoms with van der Waals surface area (Å²) >= 11 is 2.31. The lowest BCUT2D eigenvalue weighted by Gasteiger charge is -2.09. The molecule has 3 aromatic carbocycles. The van der Waals surface area contributed by atoms with Gasteiger partial charge in [-0.2, -0.15) is 0 Å². The maximum atomic E-state index is 12.6. The summed E-state index contributed by atoms with van der Waals surface area (Å²) in [5, 5.41) is 2.31. The predicted molar refractivity (Wildman–Crippen MR) is 139 cm³/mol. The van der Waals surface area contributed by atoms with Gasteiger partial charge in [0.05, 0.1) is 5.57 Å². The monoisotopic (exact) mass is 531 g/mol. The molecule has 3 nitrogen and oxygen atoms in total. The van der Waals surface area contributed by atoms with E-state index in [9.17, 15) is 4.79 Å². The minimum absolute atomic E-state index is 0.317. The van der Waals surface area contributed by atoms with Crippen molar-refractivity contribution in [2.24, 2.45) is 0 Å². The molecular formula is C28H22INO2. The Hall–Kier alpha value is -3.12. The van der Waals surface area contributed by atoms with E-state index >= 15 is 0 Å². The van der Waals surface area contributed by atoms with Gasteiger partial charge >= 0.3 is 5.97 Å². The number of carbonyl (C=O) groups is 1. The fraction of sp³-hybridized carbons (Fsp3) is 0.107. The summed E-state index contributed by atoms with van der Waals surface area (Å²) in [6.45, 7) is 6.24. The molecule has 0 unspecified atom stereocenters. The minimum Gasteiger partial charge on any atom is -0.422 e. The molecule has 0 amide bonds. The van der Waals surface area contributed by atoms with Gasteiger partial charge in [0.25, 0.3) is 0 Å². The van der Waals surface area contributed by atoms with Crippen molar-refractivity contribution in [3.05, 3.63) is 110 Å². The van der Waals surface area contributed by atoms with Gasteiger partial charge in [0.15, 0.2) is 0 Å². The van der Waals surface area contributed by atoms with Crippen LogP contribution in [0.1, 0.15) is 28.1 Å². The molecule has 0 fully saturated rings. The maximum Gasteiger partial charge on any atom is 0.343 e. The number of esters is 1. The second kappa shape index (κ2) is 8.10. The summed E-state index contributed by atoms with van der Waals surface area (Å²) in [5.41, 5.74) is 7.03. The molecule has 0 atom stereocenters. The highest BCUT2D eigenvalue weighted by atomic mass is 127. The highest BCUT2D eigenvalue weighted by Crippen LogP contribution is 2.31. The Bertz CT molecular complexity index is 1440. The Morgan fingerprint density at radius 2 is 1.59 bits per heavy atom. The molecular weight excluding hydrogens is 509 g/mol. The fourth-order valence-corrected chi connectivity index (χ4v) is 4.60. The molecule has 0 saturated carbocycles. The number of hydrogen-bond donors (Lipinski definition) is 0. The normalized spacial score (nSPS) is 14.8. The number of fused-ring (bicyclic) bond motifs is 1. The average Bonchev–Trinajstić information content (AvgIpc) is 3.27. The van der Waals surface area contributed by atoms with Crippen LogP contribution in [0.3, 0.4) is 0 Å². The molecule has 158 valence electrons. The molecule has 0 saturated heterocycles. The van der Waals surface area contributed by atoms with Gasteiger partial charge in [-0.15, -0.1) is 0 Å². The Balaban J connectivity index is 1.51. The van der Waals surface area contributed by atoms with E-state index in [0.29, 0.717) is 11.3 Å². The van der Waals surface area contributed by atoms with Crippen molar-refractivity contribution in [3.8, 4) is 5.69 Å². The zero-order chi connectivity index (χ0) is 22.4. The lowest BCUT2D eigenvalue weighted by molar-refractivity contribution is -0.130. The Morgan fingerprint density at radius 3 is 2.38 bits per heavy atom. The van der Waals surface area contributed by atoms with E-state index in [1.807, 2.05) is 18.2 Å². The van der Waals surface area contributed by atoms with Crippen LogP contribution in [-0.4, -0.2) is 10.5 Å². The van der Waals surface area contributed by atoms with Crippen LogP contribution in [0.2, 0.25) is 0 Å². The molecule has 0 bridgehead atoms. The number of nitrogens with zero attached hydrogens (tertiary/aromatic N) is 1. The zero-order valence-electron chi connectivity index (χ0n) is 18.1. The van der Waals surface area contributed by atoms with Crippen LogP contribution in [-0.2, 0) is 9.53 Å². The van der Waals surface area contributed by atoms with Crippen molar-refractivity contribution in [1.82, 2.24) is 4.57 Å². The molecule has 4 aromatic rings. The van der Waals surface area contributed by atoms with Crippen molar-refractivity contribution in [1.29, 1.82) is 0 Å². The van der Waals surface area contributed by atoms with Crippen LogP contribution >= 0.6 is 22.6 Å². The van der Waals surface area contributed by atoms with Gasteiger partial charge in [-0.1, -0.05) is 35.9 Å². The Morgan fingerprint density at radius 1 is 0.875 bits per heavy atom. The van der Waals surface area contributed by atoms with Gasteiger partial charge < -0.3 is 9.30 Å². The van der Waals surface area contributed by atoms with Crippen LogP contribution in [0.4, 0.5) is 0 Å². The molecule has 5 rings (SSSR count). The topological polar surface area (TPSA) is 31.2 Å². The highest BCUT2D eigenvalue weighted by molar-refractivity contribution is 14.1. The third kappa shape index (κ3) is 3.79. The standard InChI is InChI=1S/C28H22INO2/c1-17-4-5-21-14-22(7-6-20(21)12-17)27-16-24(28(31)32-27)15-23-13-18(2)30(19(23)3)26-10-8-25(29)9-11-26/h4-16H,1-3H3/b24-15-. The largest absolute Gasteiger partial charge is 0.422 e.